The number of hydrogen-bond donors (Lipinski definition) is 1. The lowest BCUT2D eigenvalue weighted by atomic mass is 9.94. The number of ether oxygens (including phenoxy) is 4. The number of aryl methyl sites for hydroxylation is 1. The maximum absolute atomic E-state index is 13.5. The molecule has 0 bridgehead atoms. The molecule has 2 aromatic carbocycles. The van der Waals surface area contributed by atoms with Gasteiger partial charge in [0.1, 0.15) is 18.1 Å². The van der Waals surface area contributed by atoms with Crippen LogP contribution in [0, 0.1) is 6.92 Å². The predicted octanol–water partition coefficient (Wildman–Crippen LogP) is 4.89. The summed E-state index contributed by atoms with van der Waals surface area (Å²) in [6.45, 7) is 12.7. The van der Waals surface area contributed by atoms with Gasteiger partial charge in [-0.15, -0.1) is 0 Å². The molecule has 226 valence electrons. The van der Waals surface area contributed by atoms with E-state index < -0.39 is 17.7 Å². The molecule has 9 heteroatoms. The van der Waals surface area contributed by atoms with Gasteiger partial charge in [0.05, 0.1) is 38.5 Å². The molecule has 1 atom stereocenters. The highest BCUT2D eigenvalue weighted by atomic mass is 16.5. The lowest BCUT2D eigenvalue weighted by Crippen LogP contribution is -2.39. The van der Waals surface area contributed by atoms with Crippen LogP contribution in [0.25, 0.3) is 5.76 Å². The number of ketones is 1. The number of likely N-dealkylation sites (tertiary alicyclic amines) is 1. The van der Waals surface area contributed by atoms with Gasteiger partial charge in [-0.25, -0.2) is 0 Å². The Labute approximate surface area is 248 Å². The van der Waals surface area contributed by atoms with Crippen LogP contribution in [0.15, 0.2) is 54.6 Å². The van der Waals surface area contributed by atoms with Crippen LogP contribution in [0.4, 0.5) is 0 Å². The average molecular weight is 579 g/mol. The van der Waals surface area contributed by atoms with E-state index in [4.69, 9.17) is 18.9 Å². The Bertz CT molecular complexity index is 1300. The van der Waals surface area contributed by atoms with Crippen molar-refractivity contribution < 1.29 is 33.6 Å². The molecule has 1 unspecified atom stereocenters. The van der Waals surface area contributed by atoms with Crippen molar-refractivity contribution in [2.75, 3.05) is 59.7 Å². The number of methoxy groups -OCH3 is 1. The summed E-state index contributed by atoms with van der Waals surface area (Å²) >= 11 is 0. The van der Waals surface area contributed by atoms with Crippen LogP contribution in [0.5, 0.6) is 17.2 Å². The average Bonchev–Trinajstić information content (AvgIpc) is 3.26. The number of aliphatic hydroxyl groups is 1. The first-order valence-electron chi connectivity index (χ1n) is 14.6. The summed E-state index contributed by atoms with van der Waals surface area (Å²) in [6, 6.07) is 9.82. The Kier molecular flexibility index (Phi) is 11.0. The lowest BCUT2D eigenvalue weighted by Gasteiger charge is -2.29. The molecule has 0 saturated carbocycles. The summed E-state index contributed by atoms with van der Waals surface area (Å²) in [6.07, 6.45) is 4.24. The Balaban J connectivity index is 1.71. The van der Waals surface area contributed by atoms with Crippen molar-refractivity contribution in [3.8, 4) is 17.2 Å². The van der Waals surface area contributed by atoms with Crippen molar-refractivity contribution in [3.63, 3.8) is 0 Å². The van der Waals surface area contributed by atoms with Gasteiger partial charge in [-0.1, -0.05) is 32.1 Å². The largest absolute Gasteiger partial charge is 0.507 e. The lowest BCUT2D eigenvalue weighted by molar-refractivity contribution is -0.140. The minimum atomic E-state index is -0.787. The van der Waals surface area contributed by atoms with E-state index in [1.807, 2.05) is 13.0 Å². The van der Waals surface area contributed by atoms with Gasteiger partial charge in [0.25, 0.3) is 11.7 Å². The van der Waals surface area contributed by atoms with Crippen LogP contribution in [-0.4, -0.2) is 86.3 Å². The molecule has 1 amide bonds. The zero-order chi connectivity index (χ0) is 30.1. The van der Waals surface area contributed by atoms with Crippen LogP contribution in [0.3, 0.4) is 0 Å². The van der Waals surface area contributed by atoms with Gasteiger partial charge in [0.15, 0.2) is 11.5 Å². The van der Waals surface area contributed by atoms with Crippen molar-refractivity contribution in [3.05, 3.63) is 71.3 Å². The second-order valence-electron chi connectivity index (χ2n) is 10.5. The van der Waals surface area contributed by atoms with Crippen molar-refractivity contribution >= 4 is 17.4 Å². The van der Waals surface area contributed by atoms with Gasteiger partial charge in [0, 0.05) is 31.7 Å². The molecule has 4 rings (SSSR count). The molecular formula is C33H42N2O7. The summed E-state index contributed by atoms with van der Waals surface area (Å²) in [7, 11) is 1.56. The Morgan fingerprint density at radius 3 is 2.50 bits per heavy atom. The molecular weight excluding hydrogens is 536 g/mol. The number of unbranched alkanes of at least 4 members (excludes halogenated alkanes) is 1. The van der Waals surface area contributed by atoms with Gasteiger partial charge in [-0.3, -0.25) is 14.5 Å². The summed E-state index contributed by atoms with van der Waals surface area (Å²) in [5.74, 6) is 0.167. The number of benzene rings is 2. The second kappa shape index (κ2) is 14.9. The van der Waals surface area contributed by atoms with E-state index in [0.717, 1.165) is 38.0 Å². The molecule has 0 aliphatic carbocycles. The van der Waals surface area contributed by atoms with Crippen LogP contribution in [0.1, 0.15) is 48.9 Å². The Morgan fingerprint density at radius 1 is 1.05 bits per heavy atom. The smallest absolute Gasteiger partial charge is 0.295 e. The first kappa shape index (κ1) is 31.1. The number of aliphatic hydroxyl groups excluding tert-OH is 1. The number of morpholine rings is 1. The van der Waals surface area contributed by atoms with E-state index >= 15 is 0 Å². The molecule has 42 heavy (non-hydrogen) atoms. The fraction of sp³-hybridized carbons (Fsp3) is 0.455. The van der Waals surface area contributed by atoms with Gasteiger partial charge in [-0.05, 0) is 61.2 Å². The Morgan fingerprint density at radius 2 is 1.81 bits per heavy atom. The van der Waals surface area contributed by atoms with Crippen molar-refractivity contribution in [2.24, 2.45) is 0 Å². The fourth-order valence-corrected chi connectivity index (χ4v) is 5.31. The normalized spacial score (nSPS) is 18.7. The number of carbonyl (C=O) groups is 2. The first-order chi connectivity index (χ1) is 20.4. The van der Waals surface area contributed by atoms with Crippen LogP contribution in [-0.2, 0) is 14.3 Å². The Hall–Kier alpha value is -3.82. The number of amides is 1. The molecule has 2 heterocycles. The molecule has 0 radical (unpaired) electrons. The minimum absolute atomic E-state index is 0.0484. The highest BCUT2D eigenvalue weighted by Crippen LogP contribution is 2.42. The number of rotatable bonds is 14. The van der Waals surface area contributed by atoms with Crippen LogP contribution in [0.2, 0.25) is 0 Å². The SMILES string of the molecule is C=CCOc1ccc(/C(O)=C2\C(=O)C(=O)N(CCCN3CCOCC3)C2c2ccc(OCCCC)c(OC)c2)cc1C. The zero-order valence-corrected chi connectivity index (χ0v) is 24.9. The third-order valence-corrected chi connectivity index (χ3v) is 7.58. The molecule has 0 spiro atoms. The van der Waals surface area contributed by atoms with Crippen LogP contribution < -0.4 is 14.2 Å². The molecule has 2 saturated heterocycles. The van der Waals surface area contributed by atoms with Crippen molar-refractivity contribution in [2.45, 2.75) is 39.2 Å². The third-order valence-electron chi connectivity index (χ3n) is 7.58. The van der Waals surface area contributed by atoms with E-state index in [1.54, 1.807) is 48.4 Å². The summed E-state index contributed by atoms with van der Waals surface area (Å²) < 4.78 is 22.7. The van der Waals surface area contributed by atoms with E-state index in [0.29, 0.717) is 67.8 Å². The highest BCUT2D eigenvalue weighted by molar-refractivity contribution is 6.46. The summed E-state index contributed by atoms with van der Waals surface area (Å²) in [5, 5.41) is 11.5. The van der Waals surface area contributed by atoms with Gasteiger partial charge in [0.2, 0.25) is 0 Å². The number of Topliss-reactive ketones (excluding diaryl/α,β-unsaturated/α-hetero) is 1. The zero-order valence-electron chi connectivity index (χ0n) is 24.9. The molecule has 1 N–H and O–H groups in total. The van der Waals surface area contributed by atoms with Gasteiger partial charge < -0.3 is 29.0 Å². The maximum atomic E-state index is 13.5. The molecule has 9 nitrogen and oxygen atoms in total. The van der Waals surface area contributed by atoms with Crippen molar-refractivity contribution in [1.29, 1.82) is 0 Å². The molecule has 0 aromatic heterocycles. The molecule has 2 aromatic rings. The highest BCUT2D eigenvalue weighted by Gasteiger charge is 2.46. The second-order valence-corrected chi connectivity index (χ2v) is 10.5. The third kappa shape index (κ3) is 7.14. The molecule has 2 aliphatic rings. The van der Waals surface area contributed by atoms with Crippen molar-refractivity contribution in [1.82, 2.24) is 9.80 Å². The summed E-state index contributed by atoms with van der Waals surface area (Å²) in [4.78, 5) is 30.9. The topological polar surface area (TPSA) is 97.8 Å². The fourth-order valence-electron chi connectivity index (χ4n) is 5.31. The van der Waals surface area contributed by atoms with E-state index in [1.165, 1.54) is 0 Å². The summed E-state index contributed by atoms with van der Waals surface area (Å²) in [5.41, 5.74) is 1.92. The number of nitrogens with zero attached hydrogens (tertiary/aromatic N) is 2. The van der Waals surface area contributed by atoms with Crippen LogP contribution >= 0.6 is 0 Å². The molecule has 2 aliphatic heterocycles. The van der Waals surface area contributed by atoms with E-state index in [9.17, 15) is 14.7 Å². The standard InChI is InChI=1S/C33H42N2O7/c1-5-7-18-42-27-12-9-24(22-28(27)39-4)30-29(31(36)25-10-11-26(23(3)21-25)41-17-6-2)32(37)33(38)35(30)14-8-13-34-15-19-40-20-16-34/h6,9-12,21-22,30,36H,2,5,7-8,13-20H2,1,3-4H3/b31-29+. The quantitative estimate of drug-likeness (QED) is 0.111. The number of hydrogen-bond acceptors (Lipinski definition) is 8. The van der Waals surface area contributed by atoms with E-state index in [2.05, 4.69) is 18.4 Å². The minimum Gasteiger partial charge on any atom is -0.507 e. The monoisotopic (exact) mass is 578 g/mol. The van der Waals surface area contributed by atoms with Gasteiger partial charge >= 0.3 is 0 Å². The maximum Gasteiger partial charge on any atom is 0.295 e. The predicted molar refractivity (Wildman–Crippen MR) is 161 cm³/mol. The number of carbonyl (C=O) groups excluding carboxylic acids is 2. The van der Waals surface area contributed by atoms with Gasteiger partial charge in [-0.2, -0.15) is 0 Å². The first-order valence-corrected chi connectivity index (χ1v) is 14.6. The van der Waals surface area contributed by atoms with E-state index in [-0.39, 0.29) is 11.3 Å². The molecule has 2 fully saturated rings.